The number of benzene rings is 2. The van der Waals surface area contributed by atoms with Crippen LogP contribution in [0.5, 0.6) is 0 Å². The van der Waals surface area contributed by atoms with E-state index < -0.39 is 7.79 Å². The van der Waals surface area contributed by atoms with Crippen LogP contribution in [0, 0.1) is 5.92 Å². The Morgan fingerprint density at radius 2 is 1.25 bits per heavy atom. The van der Waals surface area contributed by atoms with Gasteiger partial charge in [0.2, 0.25) is 0 Å². The van der Waals surface area contributed by atoms with Crippen molar-refractivity contribution in [3.05, 3.63) is 93.8 Å². The second-order valence-electron chi connectivity index (χ2n) is 11.3. The molecule has 0 unspecified atom stereocenters. The first kappa shape index (κ1) is 24.6. The van der Waals surface area contributed by atoms with Gasteiger partial charge in [0.1, 0.15) is 13.1 Å². The predicted molar refractivity (Wildman–Crippen MR) is 149 cm³/mol. The first-order chi connectivity index (χ1) is 17.6. The Hall–Kier alpha value is -1.77. The van der Waals surface area contributed by atoms with Gasteiger partial charge in [-0.2, -0.15) is 9.34 Å². The molecule has 190 valence electrons. The van der Waals surface area contributed by atoms with Crippen LogP contribution in [0.25, 0.3) is 0 Å². The van der Waals surface area contributed by atoms with Gasteiger partial charge in [-0.15, -0.1) is 0 Å². The standard InChI is InChI=1S/C32H41N2OP/c1-24(26-13-5-3-6-14-26)33-21-22-34(25(2)27-15-7-4-8-16-27)36(33,35)32-23-28-17-9-10-18-29(28)30-19-11-12-20-31(30)32/h3-8,13-16,24-25,28H,9-12,17-23H2,1-2H3/t24-,25-,28-/m0/s1. The van der Waals surface area contributed by atoms with Gasteiger partial charge in [0.05, 0.1) is 25.2 Å². The Balaban J connectivity index is 1.49. The van der Waals surface area contributed by atoms with Gasteiger partial charge in [-0.25, -0.2) is 0 Å². The molecule has 4 heteroatoms. The lowest BCUT2D eigenvalue weighted by atomic mass is 9.71. The number of rotatable bonds is 5. The maximum Gasteiger partial charge on any atom is 0.138 e. The minimum Gasteiger partial charge on any atom is -0.647 e. The molecule has 1 saturated heterocycles. The van der Waals surface area contributed by atoms with Gasteiger partial charge in [-0.1, -0.05) is 72.7 Å². The van der Waals surface area contributed by atoms with E-state index in [2.05, 4.69) is 83.9 Å². The molecule has 3 fully saturated rings. The first-order valence-corrected chi connectivity index (χ1v) is 15.9. The molecule has 2 saturated carbocycles. The third kappa shape index (κ3) is 4.13. The summed E-state index contributed by atoms with van der Waals surface area (Å²) in [5.41, 5.74) is 7.43. The van der Waals surface area contributed by atoms with Gasteiger partial charge in [-0.3, -0.25) is 0 Å². The minimum absolute atomic E-state index is 0.127. The summed E-state index contributed by atoms with van der Waals surface area (Å²) in [6, 6.07) is 21.7. The van der Waals surface area contributed by atoms with Gasteiger partial charge in [0, 0.05) is 6.42 Å². The van der Waals surface area contributed by atoms with Crippen LogP contribution < -0.4 is 4.89 Å². The van der Waals surface area contributed by atoms with E-state index >= 15 is 4.89 Å². The quantitative estimate of drug-likeness (QED) is 0.390. The Labute approximate surface area is 218 Å². The molecule has 1 heterocycles. The minimum atomic E-state index is -2.95. The first-order valence-electron chi connectivity index (χ1n) is 14.3. The van der Waals surface area contributed by atoms with Crippen LogP contribution in [-0.2, 0) is 0 Å². The van der Waals surface area contributed by atoms with Crippen LogP contribution in [0.4, 0.5) is 0 Å². The Morgan fingerprint density at radius 3 is 1.83 bits per heavy atom. The normalized spacial score (nSPS) is 26.5. The Bertz CT molecular complexity index is 1090. The largest absolute Gasteiger partial charge is 0.647 e. The van der Waals surface area contributed by atoms with Crippen LogP contribution in [0.3, 0.4) is 0 Å². The molecular weight excluding hydrogens is 459 g/mol. The van der Waals surface area contributed by atoms with E-state index in [4.69, 9.17) is 0 Å². The average molecular weight is 501 g/mol. The summed E-state index contributed by atoms with van der Waals surface area (Å²) < 4.78 is 4.84. The highest BCUT2D eigenvalue weighted by Gasteiger charge is 2.56. The van der Waals surface area contributed by atoms with Crippen molar-refractivity contribution in [1.82, 2.24) is 9.34 Å². The van der Waals surface area contributed by atoms with E-state index in [1.54, 1.807) is 11.1 Å². The lowest BCUT2D eigenvalue weighted by Gasteiger charge is -2.49. The summed E-state index contributed by atoms with van der Waals surface area (Å²) in [7, 11) is -2.95. The third-order valence-electron chi connectivity index (χ3n) is 9.45. The summed E-state index contributed by atoms with van der Waals surface area (Å²) in [5.74, 6) is 0.611. The molecule has 3 aliphatic carbocycles. The molecule has 0 N–H and O–H groups in total. The maximum absolute atomic E-state index is 16.0. The molecule has 36 heavy (non-hydrogen) atoms. The third-order valence-corrected chi connectivity index (χ3v) is 13.1. The van der Waals surface area contributed by atoms with Crippen molar-refractivity contribution in [3.8, 4) is 0 Å². The molecule has 0 radical (unpaired) electrons. The average Bonchev–Trinajstić information content (AvgIpc) is 3.30. The van der Waals surface area contributed by atoms with Gasteiger partial charge >= 0.3 is 0 Å². The zero-order chi connectivity index (χ0) is 24.7. The highest BCUT2D eigenvalue weighted by atomic mass is 31.2. The van der Waals surface area contributed by atoms with Crippen LogP contribution in [-0.4, -0.2) is 22.4 Å². The summed E-state index contributed by atoms with van der Waals surface area (Å²) in [5, 5.41) is 1.33. The van der Waals surface area contributed by atoms with E-state index in [1.165, 1.54) is 67.0 Å². The van der Waals surface area contributed by atoms with Crippen molar-refractivity contribution in [1.29, 1.82) is 0 Å². The lowest BCUT2D eigenvalue weighted by molar-refractivity contribution is -0.190. The van der Waals surface area contributed by atoms with Gasteiger partial charge in [0.25, 0.3) is 0 Å². The highest BCUT2D eigenvalue weighted by molar-refractivity contribution is 7.68. The molecule has 3 atom stereocenters. The van der Waals surface area contributed by atoms with Gasteiger partial charge in [-0.05, 0) is 87.0 Å². The van der Waals surface area contributed by atoms with Crippen molar-refractivity contribution in [2.24, 2.45) is 5.92 Å². The zero-order valence-electron chi connectivity index (χ0n) is 22.0. The van der Waals surface area contributed by atoms with Crippen molar-refractivity contribution in [3.63, 3.8) is 0 Å². The van der Waals surface area contributed by atoms with Crippen LogP contribution in [0.1, 0.15) is 94.8 Å². The fourth-order valence-corrected chi connectivity index (χ4v) is 11.4. The second kappa shape index (κ2) is 10.2. The molecule has 2 aromatic carbocycles. The fourth-order valence-electron chi connectivity index (χ4n) is 7.53. The van der Waals surface area contributed by atoms with Gasteiger partial charge < -0.3 is 4.89 Å². The van der Waals surface area contributed by atoms with Crippen molar-refractivity contribution < 1.29 is 4.89 Å². The van der Waals surface area contributed by atoms with Crippen LogP contribution in [0.2, 0.25) is 0 Å². The molecule has 0 aromatic heterocycles. The van der Waals surface area contributed by atoms with E-state index in [-0.39, 0.29) is 12.1 Å². The fraction of sp³-hybridized carbons (Fsp3) is 0.500. The Morgan fingerprint density at radius 1 is 0.722 bits per heavy atom. The number of allylic oxidation sites excluding steroid dienone is 4. The maximum atomic E-state index is 16.0. The molecular formula is C32H41N2OP. The summed E-state index contributed by atoms with van der Waals surface area (Å²) >= 11 is 0. The van der Waals surface area contributed by atoms with E-state index in [0.29, 0.717) is 5.92 Å². The molecule has 0 spiro atoms. The molecule has 6 rings (SSSR count). The summed E-state index contributed by atoms with van der Waals surface area (Å²) in [6.45, 7) is 6.27. The molecule has 0 bridgehead atoms. The smallest absolute Gasteiger partial charge is 0.138 e. The SMILES string of the molecule is C[C@@H](c1ccccc1)N1CCN([C@@H](C)c2ccccc2)[P+]1([O-])C1=C2CCCCC2=C2CCCC[C@H]2C1. The second-order valence-corrected chi connectivity index (χ2v) is 14.0. The number of hydrogen-bond donors (Lipinski definition) is 0. The number of fused-ring (bicyclic) bond motifs is 2. The number of hydrogen-bond acceptors (Lipinski definition) is 3. The molecule has 1 aliphatic heterocycles. The van der Waals surface area contributed by atoms with Crippen molar-refractivity contribution in [2.75, 3.05) is 13.1 Å². The highest BCUT2D eigenvalue weighted by Crippen LogP contribution is 2.75. The topological polar surface area (TPSA) is 29.5 Å². The predicted octanol–water partition coefficient (Wildman–Crippen LogP) is 7.97. The summed E-state index contributed by atoms with van der Waals surface area (Å²) in [6.07, 6.45) is 11.1. The van der Waals surface area contributed by atoms with E-state index in [9.17, 15) is 0 Å². The Kier molecular flexibility index (Phi) is 6.95. The molecule has 0 amide bonds. The van der Waals surface area contributed by atoms with Crippen molar-refractivity contribution >= 4 is 7.79 Å². The molecule has 4 aliphatic rings. The van der Waals surface area contributed by atoms with Crippen molar-refractivity contribution in [2.45, 2.75) is 83.7 Å². The van der Waals surface area contributed by atoms with Crippen LogP contribution in [0.15, 0.2) is 82.7 Å². The monoisotopic (exact) mass is 500 g/mol. The van der Waals surface area contributed by atoms with Crippen LogP contribution >= 0.6 is 7.79 Å². The molecule has 3 nitrogen and oxygen atoms in total. The molecule has 2 aromatic rings. The zero-order valence-corrected chi connectivity index (χ0v) is 22.9. The lowest BCUT2D eigenvalue weighted by Crippen LogP contribution is -2.39. The van der Waals surface area contributed by atoms with Gasteiger partial charge in [0.15, 0.2) is 0 Å². The number of nitrogens with zero attached hydrogens (tertiary/aromatic N) is 2. The summed E-state index contributed by atoms with van der Waals surface area (Å²) in [4.78, 5) is 16.0. The van der Waals surface area contributed by atoms with E-state index in [1.807, 2.05) is 0 Å². The van der Waals surface area contributed by atoms with E-state index in [0.717, 1.165) is 25.9 Å².